The SMILES string of the molecule is C=CC(=O)[O-].C=CC(=O)[O-].C=CC(=O)[O-].CCCCCCCCCCCC[Si+3]. The first-order chi connectivity index (χ1) is 13.2. The number of rotatable bonds is 13. The van der Waals surface area contributed by atoms with Gasteiger partial charge in [0.05, 0.1) is 17.9 Å². The van der Waals surface area contributed by atoms with Gasteiger partial charge in [-0.1, -0.05) is 19.7 Å². The first-order valence-electron chi connectivity index (χ1n) is 9.38. The Kier molecular flexibility index (Phi) is 38.8. The van der Waals surface area contributed by atoms with E-state index in [-0.39, 0.29) is 0 Å². The summed E-state index contributed by atoms with van der Waals surface area (Å²) in [5.41, 5.74) is 0. The first kappa shape index (κ1) is 33.4. The van der Waals surface area contributed by atoms with Crippen molar-refractivity contribution >= 4 is 28.2 Å². The second kappa shape index (κ2) is 32.5. The van der Waals surface area contributed by atoms with Crippen molar-refractivity contribution in [2.45, 2.75) is 77.2 Å². The molecule has 0 aliphatic carbocycles. The van der Waals surface area contributed by atoms with Crippen molar-refractivity contribution in [2.24, 2.45) is 0 Å². The molecule has 0 aromatic carbocycles. The standard InChI is InChI=1S/C12H25Si.3C3H4O2/c1-2-3-4-5-6-7-8-9-10-11-12-13;3*1-2-3(4)5/h2-12H2,1H3;3*2H,1H2,(H,4,5)/q+3;;;/p-3. The fourth-order valence-corrected chi connectivity index (χ4v) is 1.86. The monoisotopic (exact) mass is 410 g/mol. The average molecular weight is 411 g/mol. The molecule has 0 saturated carbocycles. The fraction of sp³-hybridized carbons (Fsp3) is 0.571. The molecule has 0 fully saturated rings. The Bertz CT molecular complexity index is 355. The van der Waals surface area contributed by atoms with Crippen LogP contribution in [0.1, 0.15) is 71.1 Å². The van der Waals surface area contributed by atoms with Crippen LogP contribution >= 0.6 is 0 Å². The molecular formula is C21H34O6Si. The van der Waals surface area contributed by atoms with Gasteiger partial charge in [0.15, 0.2) is 0 Å². The van der Waals surface area contributed by atoms with Gasteiger partial charge in [-0.25, -0.2) is 0 Å². The van der Waals surface area contributed by atoms with Crippen LogP contribution in [0.4, 0.5) is 0 Å². The van der Waals surface area contributed by atoms with Crippen molar-refractivity contribution in [3.05, 3.63) is 38.0 Å². The summed E-state index contributed by atoms with van der Waals surface area (Å²) in [5.74, 6) is -3.69. The number of carboxylic acid groups (broad SMARTS) is 3. The Morgan fingerprint density at radius 3 is 1.04 bits per heavy atom. The van der Waals surface area contributed by atoms with Crippen LogP contribution in [0.15, 0.2) is 38.0 Å². The van der Waals surface area contributed by atoms with Gasteiger partial charge >= 0.3 is 87.4 Å². The predicted molar refractivity (Wildman–Crippen MR) is 108 cm³/mol. The molecule has 6 nitrogen and oxygen atoms in total. The van der Waals surface area contributed by atoms with Crippen LogP contribution in [-0.2, 0) is 14.4 Å². The Hall–Kier alpha value is -2.15. The summed E-state index contributed by atoms with van der Waals surface area (Å²) in [6.07, 6.45) is 16.5. The summed E-state index contributed by atoms with van der Waals surface area (Å²) in [5, 5.41) is 27.4. The molecule has 0 aliphatic heterocycles. The van der Waals surface area contributed by atoms with Crippen molar-refractivity contribution < 1.29 is 29.7 Å². The molecule has 0 N–H and O–H groups in total. The summed E-state index contributed by atoms with van der Waals surface area (Å²) >= 11 is 0. The maximum atomic E-state index is 9.14. The number of hydrogen-bond donors (Lipinski definition) is 0. The topological polar surface area (TPSA) is 120 Å². The molecule has 0 atom stereocenters. The zero-order valence-electron chi connectivity index (χ0n) is 17.1. The van der Waals surface area contributed by atoms with Gasteiger partial charge in [-0.3, -0.25) is 0 Å². The number of carbonyl (C=O) groups excluding carboxylic acids is 3. The first-order valence-corrected chi connectivity index (χ1v) is 10.1. The Balaban J connectivity index is -0.000000159. The van der Waals surface area contributed by atoms with Crippen molar-refractivity contribution in [3.63, 3.8) is 0 Å². The van der Waals surface area contributed by atoms with E-state index in [1.165, 1.54) is 70.3 Å². The summed E-state index contributed by atoms with van der Waals surface area (Å²) in [7, 11) is 3.50. The summed E-state index contributed by atoms with van der Waals surface area (Å²) < 4.78 is 0. The van der Waals surface area contributed by atoms with E-state index in [4.69, 9.17) is 29.7 Å². The van der Waals surface area contributed by atoms with Gasteiger partial charge in [0, 0.05) is 0 Å². The summed E-state index contributed by atoms with van der Waals surface area (Å²) in [6, 6.07) is 1.18. The van der Waals surface area contributed by atoms with E-state index in [0.29, 0.717) is 0 Å². The quantitative estimate of drug-likeness (QED) is 0.256. The van der Waals surface area contributed by atoms with E-state index in [0.717, 1.165) is 18.2 Å². The predicted octanol–water partition coefficient (Wildman–Crippen LogP) is 1.26. The van der Waals surface area contributed by atoms with Gasteiger partial charge in [-0.2, -0.15) is 0 Å². The molecule has 0 spiro atoms. The summed E-state index contributed by atoms with van der Waals surface area (Å²) in [6.45, 7) is 11.0. The van der Waals surface area contributed by atoms with E-state index >= 15 is 0 Å². The third-order valence-electron chi connectivity index (χ3n) is 3.03. The molecule has 0 radical (unpaired) electrons. The van der Waals surface area contributed by atoms with Crippen LogP contribution in [0.5, 0.6) is 0 Å². The van der Waals surface area contributed by atoms with Crippen molar-refractivity contribution in [3.8, 4) is 0 Å². The fourth-order valence-electron chi connectivity index (χ4n) is 1.61. The van der Waals surface area contributed by atoms with Gasteiger partial charge in [0.25, 0.3) is 0 Å². The minimum absolute atomic E-state index is 0.722. The second-order valence-corrected chi connectivity index (χ2v) is 6.00. The molecule has 0 amide bonds. The molecule has 158 valence electrons. The summed E-state index contributed by atoms with van der Waals surface area (Å²) in [4.78, 5) is 27.4. The van der Waals surface area contributed by atoms with Crippen LogP contribution in [0, 0.1) is 0 Å². The van der Waals surface area contributed by atoms with E-state index in [9.17, 15) is 0 Å². The zero-order chi connectivity index (χ0) is 22.6. The van der Waals surface area contributed by atoms with Gasteiger partial charge in [-0.05, 0) is 18.2 Å². The average Bonchev–Trinajstić information content (AvgIpc) is 2.68. The molecule has 0 aromatic rings. The van der Waals surface area contributed by atoms with Crippen LogP contribution in [0.2, 0.25) is 6.04 Å². The molecule has 0 rings (SSSR count). The van der Waals surface area contributed by atoms with Gasteiger partial charge in [-0.15, -0.1) is 0 Å². The van der Waals surface area contributed by atoms with E-state index in [1.54, 1.807) is 0 Å². The van der Waals surface area contributed by atoms with Crippen LogP contribution in [-0.4, -0.2) is 28.2 Å². The van der Waals surface area contributed by atoms with Gasteiger partial charge < -0.3 is 29.7 Å². The minimum atomic E-state index is -1.23. The van der Waals surface area contributed by atoms with Crippen molar-refractivity contribution in [2.75, 3.05) is 0 Å². The molecule has 0 bridgehead atoms. The molecular weight excluding hydrogens is 376 g/mol. The number of carbonyl (C=O) groups is 3. The van der Waals surface area contributed by atoms with Crippen molar-refractivity contribution in [1.82, 2.24) is 0 Å². The number of aliphatic carboxylic acids is 3. The maximum absolute atomic E-state index is 9.14. The second-order valence-electron chi connectivity index (χ2n) is 5.50. The number of hydrogen-bond acceptors (Lipinski definition) is 6. The Morgan fingerprint density at radius 2 is 0.857 bits per heavy atom. The van der Waals surface area contributed by atoms with E-state index < -0.39 is 17.9 Å². The van der Waals surface area contributed by atoms with E-state index in [1.807, 2.05) is 0 Å². The molecule has 0 aliphatic rings. The third kappa shape index (κ3) is 64.9. The van der Waals surface area contributed by atoms with Crippen LogP contribution in [0.3, 0.4) is 0 Å². The normalized spacial score (nSPS) is 8.39. The molecule has 0 heterocycles. The van der Waals surface area contributed by atoms with Crippen molar-refractivity contribution in [1.29, 1.82) is 0 Å². The van der Waals surface area contributed by atoms with Crippen LogP contribution in [0.25, 0.3) is 0 Å². The molecule has 7 heteroatoms. The molecule has 0 saturated heterocycles. The third-order valence-corrected chi connectivity index (χ3v) is 3.38. The molecule has 0 aromatic heterocycles. The Labute approximate surface area is 173 Å². The Morgan fingerprint density at radius 1 is 0.643 bits per heavy atom. The van der Waals surface area contributed by atoms with Gasteiger partial charge in [0.1, 0.15) is 0 Å². The van der Waals surface area contributed by atoms with Crippen LogP contribution < -0.4 is 15.3 Å². The molecule has 0 unspecified atom stereocenters. The molecule has 28 heavy (non-hydrogen) atoms. The van der Waals surface area contributed by atoms with E-state index in [2.05, 4.69) is 36.9 Å². The number of carboxylic acids is 3. The number of unbranched alkanes of at least 4 members (excludes halogenated alkanes) is 9. The zero-order valence-corrected chi connectivity index (χ0v) is 18.1. The van der Waals surface area contributed by atoms with Gasteiger partial charge in [0.2, 0.25) is 0 Å².